The summed E-state index contributed by atoms with van der Waals surface area (Å²) in [5.41, 5.74) is 0. The van der Waals surface area contributed by atoms with Crippen LogP contribution in [0, 0.1) is 23.7 Å². The lowest BCUT2D eigenvalue weighted by atomic mass is 9.54. The van der Waals surface area contributed by atoms with E-state index in [9.17, 15) is 9.59 Å². The summed E-state index contributed by atoms with van der Waals surface area (Å²) in [6, 6.07) is 9.93. The lowest BCUT2D eigenvalue weighted by Crippen LogP contribution is -2.55. The molecule has 5 fully saturated rings. The van der Waals surface area contributed by atoms with Crippen molar-refractivity contribution in [3.05, 3.63) is 36.1 Å². The smallest absolute Gasteiger partial charge is 0.291 e. The fourth-order valence-corrected chi connectivity index (χ4v) is 7.55. The molecule has 0 unspecified atom stereocenters. The molecule has 0 radical (unpaired) electrons. The first-order valence-electron chi connectivity index (χ1n) is 12.7. The van der Waals surface area contributed by atoms with Crippen LogP contribution in [0.4, 0.5) is 0 Å². The van der Waals surface area contributed by atoms with Crippen molar-refractivity contribution in [3.8, 4) is 5.88 Å². The Balaban J connectivity index is 1.19. The molecule has 0 spiro atoms. The molecule has 9 heteroatoms. The fraction of sp³-hybridized carbons (Fsp3) is 0.577. The van der Waals surface area contributed by atoms with Crippen LogP contribution in [0.2, 0.25) is 0 Å². The molecular weight excluding hydrogens is 466 g/mol. The van der Waals surface area contributed by atoms with Crippen molar-refractivity contribution in [3.63, 3.8) is 0 Å². The SMILES string of the molecule is O=C(NC1C2CC3CC(C2)CC1C3)c1onc(OCC(=O)N2CCOCC2)c1Sc1ccccc1. The number of rotatable bonds is 7. The van der Waals surface area contributed by atoms with E-state index in [1.165, 1.54) is 43.9 Å². The van der Waals surface area contributed by atoms with Crippen molar-refractivity contribution in [2.45, 2.75) is 47.9 Å². The van der Waals surface area contributed by atoms with E-state index in [4.69, 9.17) is 14.0 Å². The molecule has 0 atom stereocenters. The third kappa shape index (κ3) is 4.80. The van der Waals surface area contributed by atoms with Gasteiger partial charge in [-0.05, 0) is 73.1 Å². The summed E-state index contributed by atoms with van der Waals surface area (Å²) in [6.07, 6.45) is 6.25. The Morgan fingerprint density at radius 1 is 1.03 bits per heavy atom. The van der Waals surface area contributed by atoms with Gasteiger partial charge in [0.25, 0.3) is 17.7 Å². The Morgan fingerprint density at radius 3 is 2.40 bits per heavy atom. The second-order valence-corrected chi connectivity index (χ2v) is 11.4. The summed E-state index contributed by atoms with van der Waals surface area (Å²) in [5, 5.41) is 7.36. The molecule has 35 heavy (non-hydrogen) atoms. The topological polar surface area (TPSA) is 93.9 Å². The predicted octanol–water partition coefficient (Wildman–Crippen LogP) is 3.62. The number of hydrogen-bond donors (Lipinski definition) is 1. The van der Waals surface area contributed by atoms with Gasteiger partial charge < -0.3 is 24.2 Å². The van der Waals surface area contributed by atoms with Crippen LogP contribution in [0.5, 0.6) is 5.88 Å². The van der Waals surface area contributed by atoms with Crippen LogP contribution in [0.25, 0.3) is 0 Å². The number of hydrogen-bond acceptors (Lipinski definition) is 7. The van der Waals surface area contributed by atoms with Gasteiger partial charge in [-0.3, -0.25) is 9.59 Å². The van der Waals surface area contributed by atoms with E-state index in [-0.39, 0.29) is 36.1 Å². The van der Waals surface area contributed by atoms with Gasteiger partial charge in [0.1, 0.15) is 4.90 Å². The van der Waals surface area contributed by atoms with E-state index in [0.717, 1.165) is 16.7 Å². The van der Waals surface area contributed by atoms with Gasteiger partial charge >= 0.3 is 0 Å². The zero-order chi connectivity index (χ0) is 23.8. The normalized spacial score (nSPS) is 29.3. The van der Waals surface area contributed by atoms with E-state index < -0.39 is 0 Å². The monoisotopic (exact) mass is 497 g/mol. The summed E-state index contributed by atoms with van der Waals surface area (Å²) < 4.78 is 16.7. The van der Waals surface area contributed by atoms with Gasteiger partial charge in [-0.1, -0.05) is 30.0 Å². The third-order valence-corrected chi connectivity index (χ3v) is 9.08. The lowest BCUT2D eigenvalue weighted by molar-refractivity contribution is -0.137. The number of nitrogens with one attached hydrogen (secondary N) is 1. The summed E-state index contributed by atoms with van der Waals surface area (Å²) in [4.78, 5) is 29.2. The van der Waals surface area contributed by atoms with Crippen molar-refractivity contribution < 1.29 is 23.6 Å². The molecule has 7 rings (SSSR count). The van der Waals surface area contributed by atoms with Crippen LogP contribution in [0.15, 0.2) is 44.6 Å². The lowest BCUT2D eigenvalue weighted by Gasteiger charge is -2.54. The Kier molecular flexibility index (Phi) is 6.45. The highest BCUT2D eigenvalue weighted by Gasteiger charge is 2.49. The average molecular weight is 498 g/mol. The standard InChI is InChI=1S/C26H31N3O5S/c30-21(29-6-8-32-9-7-29)15-33-26-24(35-20-4-2-1-3-5-20)23(34-28-26)25(31)27-22-18-11-16-10-17(13-18)14-19(22)12-16/h1-5,16-19,22H,6-15H2,(H,27,31). The number of morpholine rings is 1. The number of amides is 2. The fourth-order valence-electron chi connectivity index (χ4n) is 6.61. The van der Waals surface area contributed by atoms with E-state index in [1.54, 1.807) is 4.90 Å². The summed E-state index contributed by atoms with van der Waals surface area (Å²) in [7, 11) is 0. The van der Waals surface area contributed by atoms with Crippen molar-refractivity contribution >= 4 is 23.6 Å². The minimum absolute atomic E-state index is 0.133. The van der Waals surface area contributed by atoms with E-state index in [0.29, 0.717) is 43.0 Å². The Labute approximate surface area is 209 Å². The second kappa shape index (κ2) is 9.85. The Hall–Kier alpha value is -2.52. The van der Waals surface area contributed by atoms with Gasteiger partial charge in [0.2, 0.25) is 5.76 Å². The molecule has 186 valence electrons. The number of nitrogens with zero attached hydrogens (tertiary/aromatic N) is 2. The molecule has 1 N–H and O–H groups in total. The van der Waals surface area contributed by atoms with Crippen LogP contribution in [-0.4, -0.2) is 60.8 Å². The first kappa shape index (κ1) is 22.9. The largest absolute Gasteiger partial charge is 0.465 e. The molecule has 1 aliphatic heterocycles. The van der Waals surface area contributed by atoms with Crippen LogP contribution in [-0.2, 0) is 9.53 Å². The van der Waals surface area contributed by atoms with Crippen LogP contribution in [0.3, 0.4) is 0 Å². The predicted molar refractivity (Wildman–Crippen MR) is 128 cm³/mol. The van der Waals surface area contributed by atoms with Gasteiger partial charge in [-0.25, -0.2) is 0 Å². The molecule has 1 aromatic carbocycles. The molecule has 4 bridgehead atoms. The first-order valence-corrected chi connectivity index (χ1v) is 13.5. The average Bonchev–Trinajstić information content (AvgIpc) is 3.27. The maximum absolute atomic E-state index is 13.4. The van der Waals surface area contributed by atoms with Crippen molar-refractivity contribution in [2.24, 2.45) is 23.7 Å². The second-order valence-electron chi connectivity index (χ2n) is 10.3. The molecule has 2 heterocycles. The molecule has 8 nitrogen and oxygen atoms in total. The quantitative estimate of drug-likeness (QED) is 0.624. The molecule has 2 amide bonds. The van der Waals surface area contributed by atoms with Gasteiger partial charge in [-0.15, -0.1) is 0 Å². The van der Waals surface area contributed by atoms with E-state index in [2.05, 4.69) is 10.5 Å². The molecule has 2 aromatic rings. The third-order valence-electron chi connectivity index (χ3n) is 8.01. The minimum Gasteiger partial charge on any atom is -0.465 e. The van der Waals surface area contributed by atoms with E-state index in [1.807, 2.05) is 30.3 Å². The number of aromatic nitrogens is 1. The van der Waals surface area contributed by atoms with Gasteiger partial charge in [0, 0.05) is 24.0 Å². The summed E-state index contributed by atoms with van der Waals surface area (Å²) >= 11 is 1.37. The summed E-state index contributed by atoms with van der Waals surface area (Å²) in [5.74, 6) is 2.75. The number of ether oxygens (including phenoxy) is 2. The molecule has 4 saturated carbocycles. The van der Waals surface area contributed by atoms with Crippen molar-refractivity contribution in [2.75, 3.05) is 32.9 Å². The van der Waals surface area contributed by atoms with Crippen molar-refractivity contribution in [1.29, 1.82) is 0 Å². The molecule has 1 saturated heterocycles. The minimum atomic E-state index is -0.247. The van der Waals surface area contributed by atoms with Gasteiger partial charge in [0.05, 0.1) is 13.2 Å². The first-order chi connectivity index (χ1) is 17.1. The maximum Gasteiger partial charge on any atom is 0.291 e. The van der Waals surface area contributed by atoms with Crippen molar-refractivity contribution in [1.82, 2.24) is 15.4 Å². The zero-order valence-electron chi connectivity index (χ0n) is 19.7. The number of carbonyl (C=O) groups is 2. The van der Waals surface area contributed by atoms with Gasteiger partial charge in [-0.2, -0.15) is 0 Å². The van der Waals surface area contributed by atoms with Gasteiger partial charge in [0.15, 0.2) is 6.61 Å². The number of benzene rings is 1. The zero-order valence-corrected chi connectivity index (χ0v) is 20.5. The Morgan fingerprint density at radius 2 is 1.71 bits per heavy atom. The Bertz CT molecular complexity index is 1040. The number of carbonyl (C=O) groups excluding carboxylic acids is 2. The summed E-state index contributed by atoms with van der Waals surface area (Å²) in [6.45, 7) is 1.99. The molecular formula is C26H31N3O5S. The van der Waals surface area contributed by atoms with Crippen LogP contribution < -0.4 is 10.1 Å². The van der Waals surface area contributed by atoms with E-state index >= 15 is 0 Å². The van der Waals surface area contributed by atoms with Crippen LogP contribution in [0.1, 0.15) is 42.7 Å². The highest BCUT2D eigenvalue weighted by molar-refractivity contribution is 7.99. The highest BCUT2D eigenvalue weighted by atomic mass is 32.2. The highest BCUT2D eigenvalue weighted by Crippen LogP contribution is 2.53. The van der Waals surface area contributed by atoms with Crippen LogP contribution >= 0.6 is 11.8 Å². The molecule has 4 aliphatic carbocycles. The maximum atomic E-state index is 13.4. The molecule has 5 aliphatic rings. The molecule has 1 aromatic heterocycles.